The van der Waals surface area contributed by atoms with Crippen LogP contribution >= 0.6 is 0 Å². The Bertz CT molecular complexity index is 1610. The van der Waals surface area contributed by atoms with E-state index in [0.717, 1.165) is 52.1 Å². The van der Waals surface area contributed by atoms with Crippen LogP contribution < -0.4 is 4.90 Å². The molecule has 0 saturated heterocycles. The maximum absolute atomic E-state index is 11.8. The maximum atomic E-state index is 11.8. The van der Waals surface area contributed by atoms with Gasteiger partial charge in [-0.3, -0.25) is 10.1 Å². The molecule has 0 fully saturated rings. The third-order valence-electron chi connectivity index (χ3n) is 6.77. The van der Waals surface area contributed by atoms with Gasteiger partial charge in [-0.05, 0) is 55.3 Å². The number of para-hydroxylation sites is 4. The number of hydrogen-bond acceptors (Lipinski definition) is 3. The number of rotatable bonds is 6. The highest BCUT2D eigenvalue weighted by molar-refractivity contribution is 6.00. The van der Waals surface area contributed by atoms with E-state index in [1.165, 1.54) is 0 Å². The first-order valence-corrected chi connectivity index (χ1v) is 12.4. The summed E-state index contributed by atoms with van der Waals surface area (Å²) in [6, 6.07) is 35.8. The molecule has 4 aromatic carbocycles. The van der Waals surface area contributed by atoms with Gasteiger partial charge in [0.25, 0.3) is 5.69 Å². The van der Waals surface area contributed by atoms with Gasteiger partial charge in [0, 0.05) is 46.0 Å². The van der Waals surface area contributed by atoms with Crippen molar-refractivity contribution in [1.82, 2.24) is 4.57 Å². The fourth-order valence-corrected chi connectivity index (χ4v) is 5.11. The van der Waals surface area contributed by atoms with Crippen molar-refractivity contribution in [3.63, 3.8) is 0 Å². The summed E-state index contributed by atoms with van der Waals surface area (Å²) in [5.41, 5.74) is 7.08. The van der Waals surface area contributed by atoms with E-state index in [0.29, 0.717) is 5.56 Å². The topological polar surface area (TPSA) is 51.3 Å². The molecule has 0 unspecified atom stereocenters. The molecule has 5 aromatic rings. The minimum absolute atomic E-state index is 0.114. The van der Waals surface area contributed by atoms with E-state index in [2.05, 4.69) is 82.4 Å². The van der Waals surface area contributed by atoms with Crippen molar-refractivity contribution in [3.8, 4) is 11.1 Å². The molecule has 0 amide bonds. The van der Waals surface area contributed by atoms with Crippen LogP contribution in [0.25, 0.3) is 27.7 Å². The second-order valence-corrected chi connectivity index (χ2v) is 9.01. The zero-order valence-corrected chi connectivity index (χ0v) is 20.2. The highest BCUT2D eigenvalue weighted by Crippen LogP contribution is 2.39. The number of fused-ring (bicyclic) bond motifs is 1. The Labute approximate surface area is 215 Å². The molecular weight excluding hydrogens is 458 g/mol. The molecule has 0 radical (unpaired) electrons. The second kappa shape index (κ2) is 9.63. The van der Waals surface area contributed by atoms with Crippen LogP contribution in [-0.2, 0) is 0 Å². The van der Waals surface area contributed by atoms with Gasteiger partial charge >= 0.3 is 0 Å². The molecule has 0 aliphatic heterocycles. The number of nitro groups is 1. The number of benzene rings is 4. The summed E-state index contributed by atoms with van der Waals surface area (Å²) in [7, 11) is 0. The molecule has 180 valence electrons. The van der Waals surface area contributed by atoms with Crippen LogP contribution in [0.3, 0.4) is 0 Å². The number of aromatic nitrogens is 1. The summed E-state index contributed by atoms with van der Waals surface area (Å²) in [6.07, 6.45) is 8.33. The van der Waals surface area contributed by atoms with Crippen LogP contribution in [-0.4, -0.2) is 9.49 Å². The summed E-state index contributed by atoms with van der Waals surface area (Å²) in [5.74, 6) is 0. The Balaban J connectivity index is 1.50. The number of hydrogen-bond donors (Lipinski definition) is 0. The van der Waals surface area contributed by atoms with Crippen molar-refractivity contribution in [2.24, 2.45) is 0 Å². The normalized spacial score (nSPS) is 13.2. The Morgan fingerprint density at radius 2 is 1.35 bits per heavy atom. The Kier molecular flexibility index (Phi) is 5.87. The van der Waals surface area contributed by atoms with Crippen molar-refractivity contribution < 1.29 is 4.92 Å². The standard InChI is InChI=1S/C32H25N3O2/c36-35(37)32-21-10-8-19-29(32)30-23-33(31-20-9-7-18-28(30)31)26-16-11-17-27(22-26)34(24-12-3-1-4-13-24)25-14-5-2-6-15-25/h1-10,12-15,17-23H,11,16H2. The Morgan fingerprint density at radius 1 is 0.730 bits per heavy atom. The third kappa shape index (κ3) is 4.21. The first-order chi connectivity index (χ1) is 18.2. The van der Waals surface area contributed by atoms with Crippen LogP contribution in [0.4, 0.5) is 17.1 Å². The van der Waals surface area contributed by atoms with Gasteiger partial charge in [-0.25, -0.2) is 0 Å². The average Bonchev–Trinajstić information content (AvgIpc) is 3.34. The van der Waals surface area contributed by atoms with E-state index in [-0.39, 0.29) is 10.6 Å². The molecule has 0 N–H and O–H groups in total. The van der Waals surface area contributed by atoms with E-state index in [4.69, 9.17) is 0 Å². The fourth-order valence-electron chi connectivity index (χ4n) is 5.11. The molecule has 1 aromatic heterocycles. The summed E-state index contributed by atoms with van der Waals surface area (Å²) >= 11 is 0. The van der Waals surface area contributed by atoms with Gasteiger partial charge in [0.15, 0.2) is 0 Å². The van der Waals surface area contributed by atoms with E-state index >= 15 is 0 Å². The van der Waals surface area contributed by atoms with Gasteiger partial charge in [-0.1, -0.05) is 72.8 Å². The van der Waals surface area contributed by atoms with Crippen molar-refractivity contribution in [3.05, 3.63) is 143 Å². The zero-order valence-electron chi connectivity index (χ0n) is 20.2. The second-order valence-electron chi connectivity index (χ2n) is 9.01. The molecule has 0 bridgehead atoms. The maximum Gasteiger partial charge on any atom is 0.277 e. The van der Waals surface area contributed by atoms with Crippen LogP contribution in [0.5, 0.6) is 0 Å². The molecule has 0 saturated carbocycles. The smallest absolute Gasteiger partial charge is 0.277 e. The lowest BCUT2D eigenvalue weighted by Gasteiger charge is -2.29. The highest BCUT2D eigenvalue weighted by Gasteiger charge is 2.22. The minimum Gasteiger partial charge on any atom is -0.320 e. The van der Waals surface area contributed by atoms with Crippen molar-refractivity contribution in [1.29, 1.82) is 0 Å². The van der Waals surface area contributed by atoms with Crippen molar-refractivity contribution >= 4 is 33.7 Å². The fraction of sp³-hybridized carbons (Fsp3) is 0.0625. The van der Waals surface area contributed by atoms with Crippen LogP contribution in [0, 0.1) is 10.1 Å². The van der Waals surface area contributed by atoms with Gasteiger partial charge < -0.3 is 9.47 Å². The Hall–Kier alpha value is -4.90. The molecule has 0 spiro atoms. The average molecular weight is 484 g/mol. The van der Waals surface area contributed by atoms with Crippen molar-refractivity contribution in [2.45, 2.75) is 12.8 Å². The number of nitro benzene ring substituents is 1. The lowest BCUT2D eigenvalue weighted by molar-refractivity contribution is -0.384. The first kappa shape index (κ1) is 22.6. The van der Waals surface area contributed by atoms with Gasteiger partial charge in [0.05, 0.1) is 16.0 Å². The largest absolute Gasteiger partial charge is 0.320 e. The molecule has 37 heavy (non-hydrogen) atoms. The van der Waals surface area contributed by atoms with E-state index < -0.39 is 0 Å². The summed E-state index contributed by atoms with van der Waals surface area (Å²) < 4.78 is 2.20. The van der Waals surface area contributed by atoms with Crippen LogP contribution in [0.1, 0.15) is 12.8 Å². The highest BCUT2D eigenvalue weighted by atomic mass is 16.6. The van der Waals surface area contributed by atoms with Crippen LogP contribution in [0.2, 0.25) is 0 Å². The van der Waals surface area contributed by atoms with Gasteiger partial charge in [0.2, 0.25) is 0 Å². The van der Waals surface area contributed by atoms with E-state index in [1.54, 1.807) is 12.1 Å². The summed E-state index contributed by atoms with van der Waals surface area (Å²) in [4.78, 5) is 13.8. The molecule has 6 rings (SSSR count). The lowest BCUT2D eigenvalue weighted by atomic mass is 10.0. The molecule has 5 nitrogen and oxygen atoms in total. The number of nitrogens with zero attached hydrogens (tertiary/aromatic N) is 3. The monoisotopic (exact) mass is 483 g/mol. The third-order valence-corrected chi connectivity index (χ3v) is 6.77. The predicted octanol–water partition coefficient (Wildman–Crippen LogP) is 8.57. The van der Waals surface area contributed by atoms with Gasteiger partial charge in [0.1, 0.15) is 0 Å². The quantitative estimate of drug-likeness (QED) is 0.179. The molecule has 1 aliphatic carbocycles. The molecule has 1 aliphatic rings. The Morgan fingerprint density at radius 3 is 2.05 bits per heavy atom. The van der Waals surface area contributed by atoms with E-state index in [9.17, 15) is 10.1 Å². The lowest BCUT2D eigenvalue weighted by Crippen LogP contribution is -2.17. The zero-order chi connectivity index (χ0) is 25.2. The van der Waals surface area contributed by atoms with Crippen LogP contribution in [0.15, 0.2) is 133 Å². The SMILES string of the molecule is O=[N+]([O-])c1ccccc1-c1cn(C2=CC(N(c3ccccc3)c3ccccc3)=CCC2)c2ccccc12. The molecule has 5 heteroatoms. The summed E-state index contributed by atoms with van der Waals surface area (Å²) in [6.45, 7) is 0. The van der Waals surface area contributed by atoms with E-state index in [1.807, 2.05) is 42.5 Å². The van der Waals surface area contributed by atoms with Crippen molar-refractivity contribution in [2.75, 3.05) is 4.90 Å². The molecule has 0 atom stereocenters. The molecular formula is C32H25N3O2. The molecule has 1 heterocycles. The predicted molar refractivity (Wildman–Crippen MR) is 151 cm³/mol. The first-order valence-electron chi connectivity index (χ1n) is 12.4. The number of allylic oxidation sites excluding steroid dienone is 3. The number of anilines is 2. The summed E-state index contributed by atoms with van der Waals surface area (Å²) in [5, 5.41) is 12.8. The minimum atomic E-state index is -0.306. The van der Waals surface area contributed by atoms with Gasteiger partial charge in [-0.15, -0.1) is 0 Å². The van der Waals surface area contributed by atoms with Gasteiger partial charge in [-0.2, -0.15) is 0 Å².